The Hall–Kier alpha value is -1.00. The summed E-state index contributed by atoms with van der Waals surface area (Å²) < 4.78 is 27.0. The zero-order valence-electron chi connectivity index (χ0n) is 11.7. The maximum atomic E-state index is 13.5. The minimum atomic E-state index is -0.456. The van der Waals surface area contributed by atoms with E-state index >= 15 is 0 Å². The van der Waals surface area contributed by atoms with E-state index in [2.05, 4.69) is 16.8 Å². The lowest BCUT2D eigenvalue weighted by Gasteiger charge is -2.51. The fraction of sp³-hybridized carbons (Fsp3) is 0.625. The summed E-state index contributed by atoms with van der Waals surface area (Å²) in [5.74, 6) is 0.0841. The van der Waals surface area contributed by atoms with Crippen molar-refractivity contribution in [2.24, 2.45) is 5.92 Å². The second-order valence-electron chi connectivity index (χ2n) is 6.60. The first-order valence-electron chi connectivity index (χ1n) is 7.54. The highest BCUT2D eigenvalue weighted by Gasteiger charge is 2.52. The largest absolute Gasteiger partial charge is 0.301 e. The molecule has 5 rings (SSSR count). The Balaban J connectivity index is 1.72. The Labute approximate surface area is 118 Å². The molecule has 4 heteroatoms. The van der Waals surface area contributed by atoms with Gasteiger partial charge in [0.15, 0.2) is 0 Å². The summed E-state index contributed by atoms with van der Waals surface area (Å²) in [6.45, 7) is 3.20. The Morgan fingerprint density at radius 3 is 2.30 bits per heavy atom. The molecule has 0 saturated carbocycles. The fourth-order valence-electron chi connectivity index (χ4n) is 4.80. The maximum Gasteiger partial charge on any atom is 0.126 e. The van der Waals surface area contributed by atoms with Crippen molar-refractivity contribution >= 4 is 0 Å². The second-order valence-corrected chi connectivity index (χ2v) is 6.60. The summed E-state index contributed by atoms with van der Waals surface area (Å²) in [6, 6.07) is 5.01. The van der Waals surface area contributed by atoms with Crippen molar-refractivity contribution in [2.45, 2.75) is 30.8 Å². The Bertz CT molecular complexity index is 505. The van der Waals surface area contributed by atoms with Crippen LogP contribution in [0.1, 0.15) is 24.3 Å². The zero-order valence-corrected chi connectivity index (χ0v) is 11.7. The van der Waals surface area contributed by atoms with Gasteiger partial charge < -0.3 is 4.90 Å². The van der Waals surface area contributed by atoms with Crippen LogP contribution in [0.25, 0.3) is 0 Å². The van der Waals surface area contributed by atoms with Crippen LogP contribution in [-0.2, 0) is 0 Å². The number of fused-ring (bicyclic) bond motifs is 2. The van der Waals surface area contributed by atoms with Crippen LogP contribution in [0.2, 0.25) is 0 Å². The minimum absolute atomic E-state index is 0.235. The highest BCUT2D eigenvalue weighted by Crippen LogP contribution is 2.45. The number of benzene rings is 1. The van der Waals surface area contributed by atoms with E-state index in [9.17, 15) is 8.78 Å². The molecule has 2 nitrogen and oxygen atoms in total. The second kappa shape index (κ2) is 4.50. The first-order chi connectivity index (χ1) is 9.63. The summed E-state index contributed by atoms with van der Waals surface area (Å²) in [5, 5.41) is 0. The van der Waals surface area contributed by atoms with Gasteiger partial charge in [-0.2, -0.15) is 0 Å². The van der Waals surface area contributed by atoms with Gasteiger partial charge in [0.05, 0.1) is 0 Å². The number of halogens is 2. The van der Waals surface area contributed by atoms with Gasteiger partial charge in [-0.3, -0.25) is 4.90 Å². The molecule has 4 aliphatic rings. The molecule has 4 fully saturated rings. The lowest BCUT2D eigenvalue weighted by Crippen LogP contribution is -2.59. The molecule has 1 aromatic rings. The molecule has 4 heterocycles. The number of rotatable bonds is 1. The number of likely N-dealkylation sites (N-methyl/N-ethyl adjacent to an activating group) is 1. The highest BCUT2D eigenvalue weighted by molar-refractivity contribution is 5.28. The van der Waals surface area contributed by atoms with Gasteiger partial charge in [-0.1, -0.05) is 0 Å². The van der Waals surface area contributed by atoms with Gasteiger partial charge in [-0.15, -0.1) is 0 Å². The van der Waals surface area contributed by atoms with E-state index in [1.165, 1.54) is 25.0 Å². The van der Waals surface area contributed by atoms with E-state index in [4.69, 9.17) is 0 Å². The molecule has 0 radical (unpaired) electrons. The smallest absolute Gasteiger partial charge is 0.126 e. The van der Waals surface area contributed by atoms with Gasteiger partial charge >= 0.3 is 0 Å². The van der Waals surface area contributed by atoms with Crippen LogP contribution in [0, 0.1) is 17.6 Å². The predicted octanol–water partition coefficient (Wildman–Crippen LogP) is 2.46. The molecule has 4 saturated heterocycles. The third kappa shape index (κ3) is 1.81. The summed E-state index contributed by atoms with van der Waals surface area (Å²) in [7, 11) is 2.16. The molecule has 0 spiro atoms. The average molecular weight is 278 g/mol. The first kappa shape index (κ1) is 12.7. The molecular weight excluding hydrogens is 258 g/mol. The normalized spacial score (nSPS) is 40.0. The van der Waals surface area contributed by atoms with Crippen LogP contribution in [-0.4, -0.2) is 48.6 Å². The van der Waals surface area contributed by atoms with Crippen LogP contribution in [0.3, 0.4) is 0 Å². The van der Waals surface area contributed by atoms with Crippen LogP contribution in [0.5, 0.6) is 0 Å². The SMILES string of the molecule is CN1C[C@@H](c2cc(F)cc(F)c2)[C@@H]2[C@H]1C1CCN2CC1. The van der Waals surface area contributed by atoms with E-state index in [0.717, 1.165) is 37.2 Å². The number of hydrogen-bond donors (Lipinski definition) is 0. The van der Waals surface area contributed by atoms with Crippen molar-refractivity contribution in [2.75, 3.05) is 26.7 Å². The lowest BCUT2D eigenvalue weighted by atomic mass is 9.75. The molecule has 0 aromatic heterocycles. The molecule has 0 N–H and O–H groups in total. The molecule has 0 amide bonds. The zero-order chi connectivity index (χ0) is 13.9. The summed E-state index contributed by atoms with van der Waals surface area (Å²) in [4.78, 5) is 4.95. The Morgan fingerprint density at radius 2 is 1.65 bits per heavy atom. The van der Waals surface area contributed by atoms with E-state index in [-0.39, 0.29) is 5.92 Å². The van der Waals surface area contributed by atoms with E-state index in [1.54, 1.807) is 0 Å². The molecule has 0 unspecified atom stereocenters. The van der Waals surface area contributed by atoms with Crippen molar-refractivity contribution in [3.8, 4) is 0 Å². The molecule has 20 heavy (non-hydrogen) atoms. The van der Waals surface area contributed by atoms with Crippen LogP contribution >= 0.6 is 0 Å². The standard InChI is InChI=1S/C16H20F2N2/c1-19-9-14(11-6-12(17)8-13(18)7-11)16-15(19)10-2-4-20(16)5-3-10/h6-8,10,14-16H,2-5,9H2,1H3/t14-,15+,16+/m0/s1. The van der Waals surface area contributed by atoms with Crippen LogP contribution in [0.4, 0.5) is 8.78 Å². The van der Waals surface area contributed by atoms with Gasteiger partial charge in [-0.05, 0) is 56.6 Å². The number of piperidine rings is 3. The van der Waals surface area contributed by atoms with Gasteiger partial charge in [0.25, 0.3) is 0 Å². The highest BCUT2D eigenvalue weighted by atomic mass is 19.1. The van der Waals surface area contributed by atoms with Gasteiger partial charge in [0.1, 0.15) is 11.6 Å². The van der Waals surface area contributed by atoms with Gasteiger partial charge in [-0.25, -0.2) is 8.78 Å². The molecular formula is C16H20F2N2. The van der Waals surface area contributed by atoms with Crippen molar-refractivity contribution in [3.05, 3.63) is 35.4 Å². The quantitative estimate of drug-likeness (QED) is 0.778. The topological polar surface area (TPSA) is 6.48 Å². The molecule has 3 atom stereocenters. The third-order valence-electron chi connectivity index (χ3n) is 5.55. The van der Waals surface area contributed by atoms with Crippen LogP contribution < -0.4 is 0 Å². The van der Waals surface area contributed by atoms with Crippen LogP contribution in [0.15, 0.2) is 18.2 Å². The summed E-state index contributed by atoms with van der Waals surface area (Å²) >= 11 is 0. The fourth-order valence-corrected chi connectivity index (χ4v) is 4.80. The maximum absolute atomic E-state index is 13.5. The van der Waals surface area contributed by atoms with Crippen molar-refractivity contribution in [1.29, 1.82) is 0 Å². The predicted molar refractivity (Wildman–Crippen MR) is 73.6 cm³/mol. The van der Waals surface area contributed by atoms with Crippen molar-refractivity contribution < 1.29 is 8.78 Å². The average Bonchev–Trinajstić information content (AvgIpc) is 2.79. The molecule has 2 bridgehead atoms. The summed E-state index contributed by atoms with van der Waals surface area (Å²) in [5.41, 5.74) is 0.828. The Kier molecular flexibility index (Phi) is 2.86. The Morgan fingerprint density at radius 1 is 1.00 bits per heavy atom. The van der Waals surface area contributed by atoms with Gasteiger partial charge in [0, 0.05) is 30.6 Å². The van der Waals surface area contributed by atoms with Crippen molar-refractivity contribution in [1.82, 2.24) is 9.80 Å². The number of nitrogens with zero attached hydrogens (tertiary/aromatic N) is 2. The van der Waals surface area contributed by atoms with Crippen molar-refractivity contribution in [3.63, 3.8) is 0 Å². The number of likely N-dealkylation sites (tertiary alicyclic amines) is 1. The third-order valence-corrected chi connectivity index (χ3v) is 5.55. The molecule has 108 valence electrons. The molecule has 0 aliphatic carbocycles. The van der Waals surface area contributed by atoms with E-state index in [1.807, 2.05) is 0 Å². The van der Waals surface area contributed by atoms with E-state index in [0.29, 0.717) is 12.1 Å². The minimum Gasteiger partial charge on any atom is -0.301 e. The number of hydrogen-bond acceptors (Lipinski definition) is 2. The monoisotopic (exact) mass is 278 g/mol. The lowest BCUT2D eigenvalue weighted by molar-refractivity contribution is 0.000171. The summed E-state index contributed by atoms with van der Waals surface area (Å²) in [6.07, 6.45) is 2.55. The van der Waals surface area contributed by atoms with Gasteiger partial charge in [0.2, 0.25) is 0 Å². The van der Waals surface area contributed by atoms with E-state index < -0.39 is 11.6 Å². The molecule has 1 aromatic carbocycles. The first-order valence-corrected chi connectivity index (χ1v) is 7.54. The molecule has 4 aliphatic heterocycles.